The lowest BCUT2D eigenvalue weighted by atomic mass is 10.1. The zero-order chi connectivity index (χ0) is 8.55. The summed E-state index contributed by atoms with van der Waals surface area (Å²) in [5, 5.41) is 1.69. The van der Waals surface area contributed by atoms with Crippen molar-refractivity contribution < 1.29 is 0 Å². The van der Waals surface area contributed by atoms with Gasteiger partial charge in [-0.15, -0.1) is 0 Å². The van der Waals surface area contributed by atoms with E-state index in [4.69, 9.17) is 11.6 Å². The maximum absolute atomic E-state index is 5.96. The third kappa shape index (κ3) is 1.16. The fraction of sp³-hybridized carbons (Fsp3) is 0. The van der Waals surface area contributed by atoms with Gasteiger partial charge in [-0.2, -0.15) is 0 Å². The van der Waals surface area contributed by atoms with Crippen LogP contribution in [-0.2, 0) is 0 Å². The molecule has 0 N–H and O–H groups in total. The molecule has 12 heavy (non-hydrogen) atoms. The van der Waals surface area contributed by atoms with E-state index in [2.05, 4.69) is 11.9 Å². The van der Waals surface area contributed by atoms with Crippen molar-refractivity contribution in [2.24, 2.45) is 0 Å². The summed E-state index contributed by atoms with van der Waals surface area (Å²) in [7, 11) is 0. The highest BCUT2D eigenvalue weighted by Crippen LogP contribution is 2.21. The first-order valence-electron chi connectivity index (χ1n) is 3.63. The summed E-state index contributed by atoms with van der Waals surface area (Å²) >= 11 is 5.96. The van der Waals surface area contributed by atoms with Crippen LogP contribution in [0.25, 0.3) is 10.9 Å². The van der Waals surface area contributed by atoms with Gasteiger partial charge in [0, 0.05) is 11.6 Å². The van der Waals surface area contributed by atoms with Crippen LogP contribution < -0.4 is 0 Å². The third-order valence-corrected chi connectivity index (χ3v) is 2.08. The molecule has 0 saturated heterocycles. The lowest BCUT2D eigenvalue weighted by Gasteiger charge is -1.99. The SMILES string of the molecule is [CH2]c1ccc2nccc(Cl)c2c1. The van der Waals surface area contributed by atoms with Gasteiger partial charge >= 0.3 is 0 Å². The molecule has 1 nitrogen and oxygen atoms in total. The van der Waals surface area contributed by atoms with Crippen molar-refractivity contribution >= 4 is 22.5 Å². The summed E-state index contributed by atoms with van der Waals surface area (Å²) in [4.78, 5) is 4.17. The van der Waals surface area contributed by atoms with Crippen LogP contribution in [0.15, 0.2) is 30.5 Å². The number of rotatable bonds is 0. The summed E-state index contributed by atoms with van der Waals surface area (Å²) < 4.78 is 0. The molecule has 0 saturated carbocycles. The van der Waals surface area contributed by atoms with Crippen LogP contribution in [0, 0.1) is 6.92 Å². The second-order valence-corrected chi connectivity index (χ2v) is 3.05. The predicted octanol–water partition coefficient (Wildman–Crippen LogP) is 3.07. The maximum Gasteiger partial charge on any atom is 0.0717 e. The minimum absolute atomic E-state index is 0.727. The topological polar surface area (TPSA) is 12.9 Å². The number of halogens is 1. The molecule has 0 fully saturated rings. The van der Waals surface area contributed by atoms with Gasteiger partial charge in [-0.1, -0.05) is 17.7 Å². The molecule has 1 heterocycles. The van der Waals surface area contributed by atoms with Gasteiger partial charge < -0.3 is 0 Å². The zero-order valence-corrected chi connectivity index (χ0v) is 7.17. The largest absolute Gasteiger partial charge is 0.256 e. The minimum atomic E-state index is 0.727. The van der Waals surface area contributed by atoms with Crippen molar-refractivity contribution in [3.63, 3.8) is 0 Å². The van der Waals surface area contributed by atoms with Crippen LogP contribution in [0.4, 0.5) is 0 Å². The number of aromatic nitrogens is 1. The number of benzene rings is 1. The van der Waals surface area contributed by atoms with Crippen molar-refractivity contribution in [3.8, 4) is 0 Å². The smallest absolute Gasteiger partial charge is 0.0717 e. The maximum atomic E-state index is 5.96. The number of hydrogen-bond donors (Lipinski definition) is 0. The van der Waals surface area contributed by atoms with Crippen LogP contribution in [0.3, 0.4) is 0 Å². The molecule has 0 aliphatic heterocycles. The van der Waals surface area contributed by atoms with Gasteiger partial charge in [-0.3, -0.25) is 4.98 Å². The zero-order valence-electron chi connectivity index (χ0n) is 6.42. The number of nitrogens with zero attached hydrogens (tertiary/aromatic N) is 1. The molecule has 0 bridgehead atoms. The van der Waals surface area contributed by atoms with E-state index in [0.717, 1.165) is 21.5 Å². The summed E-state index contributed by atoms with van der Waals surface area (Å²) in [6, 6.07) is 7.56. The van der Waals surface area contributed by atoms with Crippen molar-refractivity contribution in [2.45, 2.75) is 0 Å². The second kappa shape index (κ2) is 2.76. The Morgan fingerprint density at radius 2 is 2.08 bits per heavy atom. The highest BCUT2D eigenvalue weighted by molar-refractivity contribution is 6.35. The van der Waals surface area contributed by atoms with Gasteiger partial charge in [0.05, 0.1) is 10.5 Å². The van der Waals surface area contributed by atoms with Crippen LogP contribution in [0.5, 0.6) is 0 Å². The molecule has 1 aromatic carbocycles. The highest BCUT2D eigenvalue weighted by Gasteiger charge is 1.98. The van der Waals surface area contributed by atoms with Crippen LogP contribution in [0.1, 0.15) is 5.56 Å². The van der Waals surface area contributed by atoms with Gasteiger partial charge in [0.15, 0.2) is 0 Å². The summed E-state index contributed by atoms with van der Waals surface area (Å²) in [6.07, 6.45) is 1.70. The Labute approximate surface area is 76.0 Å². The monoisotopic (exact) mass is 176 g/mol. The highest BCUT2D eigenvalue weighted by atomic mass is 35.5. The third-order valence-electron chi connectivity index (χ3n) is 1.75. The second-order valence-electron chi connectivity index (χ2n) is 2.64. The van der Waals surface area contributed by atoms with E-state index in [1.165, 1.54) is 0 Å². The van der Waals surface area contributed by atoms with E-state index in [1.54, 1.807) is 12.3 Å². The quantitative estimate of drug-likeness (QED) is 0.601. The fourth-order valence-corrected chi connectivity index (χ4v) is 1.37. The summed E-state index contributed by atoms with van der Waals surface area (Å²) in [5.74, 6) is 0. The molecule has 1 aromatic heterocycles. The van der Waals surface area contributed by atoms with E-state index in [-0.39, 0.29) is 0 Å². The fourth-order valence-electron chi connectivity index (χ4n) is 1.16. The van der Waals surface area contributed by atoms with Gasteiger partial charge in [-0.25, -0.2) is 0 Å². The van der Waals surface area contributed by atoms with E-state index in [1.807, 2.05) is 18.2 Å². The molecule has 2 aromatic rings. The summed E-state index contributed by atoms with van der Waals surface area (Å²) in [6.45, 7) is 3.83. The van der Waals surface area contributed by atoms with E-state index in [9.17, 15) is 0 Å². The Kier molecular flexibility index (Phi) is 1.74. The Morgan fingerprint density at radius 1 is 1.25 bits per heavy atom. The molecule has 0 atom stereocenters. The molecule has 59 valence electrons. The van der Waals surface area contributed by atoms with Gasteiger partial charge in [-0.05, 0) is 30.7 Å². The molecule has 2 rings (SSSR count). The first-order valence-corrected chi connectivity index (χ1v) is 4.01. The molecule has 0 amide bonds. The first-order chi connectivity index (χ1) is 5.77. The molecule has 1 radical (unpaired) electrons. The molecular weight excluding hydrogens is 170 g/mol. The van der Waals surface area contributed by atoms with E-state index in [0.29, 0.717) is 0 Å². The lowest BCUT2D eigenvalue weighted by molar-refractivity contribution is 1.41. The van der Waals surface area contributed by atoms with Gasteiger partial charge in [0.2, 0.25) is 0 Å². The van der Waals surface area contributed by atoms with Crippen LogP contribution >= 0.6 is 11.6 Å². The molecule has 2 heteroatoms. The molecule has 0 aliphatic rings. The Hall–Kier alpha value is -1.08. The Balaban J connectivity index is 2.88. The average Bonchev–Trinajstić information content (AvgIpc) is 2.07. The molecule has 0 unspecified atom stereocenters. The van der Waals surface area contributed by atoms with E-state index < -0.39 is 0 Å². The minimum Gasteiger partial charge on any atom is -0.256 e. The van der Waals surface area contributed by atoms with Gasteiger partial charge in [0.1, 0.15) is 0 Å². The predicted molar refractivity (Wildman–Crippen MR) is 51.2 cm³/mol. The van der Waals surface area contributed by atoms with Crippen molar-refractivity contribution in [1.29, 1.82) is 0 Å². The number of pyridine rings is 1. The summed E-state index contributed by atoms with van der Waals surface area (Å²) in [5.41, 5.74) is 1.87. The van der Waals surface area contributed by atoms with E-state index >= 15 is 0 Å². The lowest BCUT2D eigenvalue weighted by Crippen LogP contribution is -1.79. The van der Waals surface area contributed by atoms with Gasteiger partial charge in [0.25, 0.3) is 0 Å². The Bertz CT molecular complexity index is 423. The Morgan fingerprint density at radius 3 is 2.92 bits per heavy atom. The molecule has 0 aliphatic carbocycles. The normalized spacial score (nSPS) is 10.5. The number of fused-ring (bicyclic) bond motifs is 1. The molecule has 0 spiro atoms. The first kappa shape index (κ1) is 7.56. The standard InChI is InChI=1S/C10H7ClN/c1-7-2-3-10-8(6-7)9(11)4-5-12-10/h2-6H,1H2. The average molecular weight is 177 g/mol. The van der Waals surface area contributed by atoms with Crippen LogP contribution in [-0.4, -0.2) is 4.98 Å². The number of hydrogen-bond acceptors (Lipinski definition) is 1. The van der Waals surface area contributed by atoms with Crippen molar-refractivity contribution in [2.75, 3.05) is 0 Å². The van der Waals surface area contributed by atoms with Crippen molar-refractivity contribution in [3.05, 3.63) is 48.0 Å². The van der Waals surface area contributed by atoms with Crippen molar-refractivity contribution in [1.82, 2.24) is 4.98 Å². The molecular formula is C10H7ClN. The van der Waals surface area contributed by atoms with Crippen LogP contribution in [0.2, 0.25) is 5.02 Å².